The number of alkyl halides is 2. The third-order valence-electron chi connectivity index (χ3n) is 1.74. The number of hydrogen-bond donors (Lipinski definition) is 0. The van der Waals surface area contributed by atoms with Gasteiger partial charge >= 0.3 is 0 Å². The standard InChI is InChI=1S/C8H6ClF2NO2/c1-4-2-5(9)3-6(12(13)14)7(4)8(10)11/h2-3,8H,1H3. The Bertz CT molecular complexity index is 382. The number of nitro groups is 1. The molecule has 6 heteroatoms. The number of nitrogens with zero attached hydrogens (tertiary/aromatic N) is 1. The number of rotatable bonds is 2. The van der Waals surface area contributed by atoms with Gasteiger partial charge in [0.25, 0.3) is 12.1 Å². The molecule has 0 aliphatic rings. The van der Waals surface area contributed by atoms with E-state index in [1.807, 2.05) is 0 Å². The molecule has 0 spiro atoms. The Labute approximate surface area is 83.4 Å². The van der Waals surface area contributed by atoms with E-state index in [2.05, 4.69) is 0 Å². The predicted octanol–water partition coefficient (Wildman–Crippen LogP) is 3.49. The summed E-state index contributed by atoms with van der Waals surface area (Å²) < 4.78 is 24.9. The Hall–Kier alpha value is -1.23. The van der Waals surface area contributed by atoms with E-state index in [9.17, 15) is 18.9 Å². The minimum atomic E-state index is -2.87. The molecule has 76 valence electrons. The fourth-order valence-electron chi connectivity index (χ4n) is 1.17. The molecule has 0 N–H and O–H groups in total. The molecule has 1 rings (SSSR count). The first-order valence-electron chi connectivity index (χ1n) is 3.66. The Morgan fingerprint density at radius 3 is 2.50 bits per heavy atom. The van der Waals surface area contributed by atoms with Gasteiger partial charge in [-0.2, -0.15) is 0 Å². The lowest BCUT2D eigenvalue weighted by Crippen LogP contribution is -1.98. The van der Waals surface area contributed by atoms with Gasteiger partial charge in [-0.05, 0) is 18.6 Å². The van der Waals surface area contributed by atoms with E-state index in [-0.39, 0.29) is 10.6 Å². The second-order valence-corrected chi connectivity index (χ2v) is 3.15. The van der Waals surface area contributed by atoms with Crippen LogP contribution in [0, 0.1) is 17.0 Å². The molecule has 1 aromatic carbocycles. The molecule has 0 amide bonds. The Morgan fingerprint density at radius 1 is 1.50 bits per heavy atom. The van der Waals surface area contributed by atoms with Gasteiger partial charge in [0.1, 0.15) is 0 Å². The first-order chi connectivity index (χ1) is 6.43. The summed E-state index contributed by atoms with van der Waals surface area (Å²) in [5.74, 6) is 0. The second-order valence-electron chi connectivity index (χ2n) is 2.71. The normalized spacial score (nSPS) is 10.6. The SMILES string of the molecule is Cc1cc(Cl)cc([N+](=O)[O-])c1C(F)F. The molecular weight excluding hydrogens is 216 g/mol. The van der Waals surface area contributed by atoms with Crippen LogP contribution < -0.4 is 0 Å². The fraction of sp³-hybridized carbons (Fsp3) is 0.250. The van der Waals surface area contributed by atoms with E-state index >= 15 is 0 Å². The van der Waals surface area contributed by atoms with E-state index < -0.39 is 22.6 Å². The molecule has 0 unspecified atom stereocenters. The maximum absolute atomic E-state index is 12.4. The summed E-state index contributed by atoms with van der Waals surface area (Å²) >= 11 is 5.52. The molecule has 0 atom stereocenters. The van der Waals surface area contributed by atoms with Crippen LogP contribution in [0.1, 0.15) is 17.6 Å². The van der Waals surface area contributed by atoms with Crippen LogP contribution >= 0.6 is 11.6 Å². The van der Waals surface area contributed by atoms with E-state index in [1.165, 1.54) is 13.0 Å². The van der Waals surface area contributed by atoms with Crippen LogP contribution in [0.15, 0.2) is 12.1 Å². The molecule has 0 aromatic heterocycles. The number of hydrogen-bond acceptors (Lipinski definition) is 2. The van der Waals surface area contributed by atoms with Crippen LogP contribution in [-0.4, -0.2) is 4.92 Å². The van der Waals surface area contributed by atoms with Crippen molar-refractivity contribution in [1.82, 2.24) is 0 Å². The quantitative estimate of drug-likeness (QED) is 0.567. The summed E-state index contributed by atoms with van der Waals surface area (Å²) in [6, 6.07) is 2.20. The van der Waals surface area contributed by atoms with E-state index in [0.717, 1.165) is 6.07 Å². The highest BCUT2D eigenvalue weighted by atomic mass is 35.5. The lowest BCUT2D eigenvalue weighted by atomic mass is 10.1. The van der Waals surface area contributed by atoms with Crippen LogP contribution in [-0.2, 0) is 0 Å². The molecule has 0 aliphatic heterocycles. The first kappa shape index (κ1) is 10.8. The molecule has 0 radical (unpaired) electrons. The highest BCUT2D eigenvalue weighted by Gasteiger charge is 2.24. The lowest BCUT2D eigenvalue weighted by Gasteiger charge is -2.05. The molecule has 3 nitrogen and oxygen atoms in total. The molecule has 0 bridgehead atoms. The maximum atomic E-state index is 12.4. The topological polar surface area (TPSA) is 43.1 Å². The van der Waals surface area contributed by atoms with Gasteiger partial charge in [0.05, 0.1) is 10.5 Å². The van der Waals surface area contributed by atoms with Gasteiger partial charge in [-0.25, -0.2) is 8.78 Å². The van der Waals surface area contributed by atoms with Crippen molar-refractivity contribution < 1.29 is 13.7 Å². The zero-order chi connectivity index (χ0) is 10.9. The molecule has 0 saturated carbocycles. The Morgan fingerprint density at radius 2 is 2.07 bits per heavy atom. The molecule has 1 aromatic rings. The summed E-state index contributed by atoms with van der Waals surface area (Å²) in [4.78, 5) is 9.58. The zero-order valence-corrected chi connectivity index (χ0v) is 7.89. The smallest absolute Gasteiger partial charge is 0.258 e. The molecule has 0 fully saturated rings. The van der Waals surface area contributed by atoms with Crippen LogP contribution in [0.3, 0.4) is 0 Å². The molecule has 0 aliphatic carbocycles. The number of halogens is 3. The average molecular weight is 222 g/mol. The van der Waals surface area contributed by atoms with Gasteiger partial charge in [0, 0.05) is 11.1 Å². The summed E-state index contributed by atoms with van der Waals surface area (Å²) in [5.41, 5.74) is -1.08. The largest absolute Gasteiger partial charge is 0.280 e. The summed E-state index contributed by atoms with van der Waals surface area (Å²) in [6.45, 7) is 1.36. The number of benzene rings is 1. The van der Waals surface area contributed by atoms with E-state index in [1.54, 1.807) is 0 Å². The minimum Gasteiger partial charge on any atom is -0.258 e. The summed E-state index contributed by atoms with van der Waals surface area (Å²) in [7, 11) is 0. The van der Waals surface area contributed by atoms with Crippen LogP contribution in [0.5, 0.6) is 0 Å². The highest BCUT2D eigenvalue weighted by molar-refractivity contribution is 6.30. The summed E-state index contributed by atoms with van der Waals surface area (Å²) in [6.07, 6.45) is -2.87. The van der Waals surface area contributed by atoms with Crippen molar-refractivity contribution in [2.45, 2.75) is 13.3 Å². The number of nitro benzene ring substituents is 1. The van der Waals surface area contributed by atoms with Crippen molar-refractivity contribution in [3.63, 3.8) is 0 Å². The third kappa shape index (κ3) is 1.98. The van der Waals surface area contributed by atoms with Gasteiger partial charge in [0.2, 0.25) is 0 Å². The third-order valence-corrected chi connectivity index (χ3v) is 1.96. The van der Waals surface area contributed by atoms with Crippen molar-refractivity contribution in [1.29, 1.82) is 0 Å². The van der Waals surface area contributed by atoms with Crippen molar-refractivity contribution in [3.05, 3.63) is 38.4 Å². The summed E-state index contributed by atoms with van der Waals surface area (Å²) in [5, 5.41) is 10.5. The van der Waals surface area contributed by atoms with Crippen molar-refractivity contribution in [3.8, 4) is 0 Å². The second kappa shape index (κ2) is 3.88. The van der Waals surface area contributed by atoms with Gasteiger partial charge < -0.3 is 0 Å². The van der Waals surface area contributed by atoms with Crippen molar-refractivity contribution in [2.75, 3.05) is 0 Å². The Kier molecular flexibility index (Phi) is 3.00. The van der Waals surface area contributed by atoms with E-state index in [0.29, 0.717) is 0 Å². The molecular formula is C8H6ClF2NO2. The molecule has 0 heterocycles. The molecule has 0 saturated heterocycles. The van der Waals surface area contributed by atoms with Gasteiger partial charge in [-0.15, -0.1) is 0 Å². The van der Waals surface area contributed by atoms with Gasteiger partial charge in [-0.1, -0.05) is 11.6 Å². The predicted molar refractivity (Wildman–Crippen MR) is 47.8 cm³/mol. The van der Waals surface area contributed by atoms with Crippen LogP contribution in [0.4, 0.5) is 14.5 Å². The highest BCUT2D eigenvalue weighted by Crippen LogP contribution is 2.34. The van der Waals surface area contributed by atoms with Crippen LogP contribution in [0.2, 0.25) is 5.02 Å². The van der Waals surface area contributed by atoms with Crippen LogP contribution in [0.25, 0.3) is 0 Å². The zero-order valence-electron chi connectivity index (χ0n) is 7.13. The fourth-order valence-corrected chi connectivity index (χ4v) is 1.44. The minimum absolute atomic E-state index is 0.0820. The monoisotopic (exact) mass is 221 g/mol. The molecule has 14 heavy (non-hydrogen) atoms. The number of aryl methyl sites for hydroxylation is 1. The maximum Gasteiger partial charge on any atom is 0.280 e. The first-order valence-corrected chi connectivity index (χ1v) is 4.04. The lowest BCUT2D eigenvalue weighted by molar-refractivity contribution is -0.386. The van der Waals surface area contributed by atoms with Gasteiger partial charge in [0.15, 0.2) is 0 Å². The Balaban J connectivity index is 3.44. The van der Waals surface area contributed by atoms with E-state index in [4.69, 9.17) is 11.6 Å². The van der Waals surface area contributed by atoms with Gasteiger partial charge in [-0.3, -0.25) is 10.1 Å². The average Bonchev–Trinajstić information content (AvgIpc) is 2.01. The van der Waals surface area contributed by atoms with Crippen molar-refractivity contribution >= 4 is 17.3 Å². The van der Waals surface area contributed by atoms with Crippen molar-refractivity contribution in [2.24, 2.45) is 0 Å².